The van der Waals surface area contributed by atoms with Gasteiger partial charge in [0.15, 0.2) is 11.4 Å². The molecule has 4 unspecified atom stereocenters. The Morgan fingerprint density at radius 1 is 1.52 bits per heavy atom. The van der Waals surface area contributed by atoms with Crippen LogP contribution in [0.3, 0.4) is 0 Å². The maximum atomic E-state index is 12.9. The summed E-state index contributed by atoms with van der Waals surface area (Å²) in [5, 5.41) is 0. The summed E-state index contributed by atoms with van der Waals surface area (Å²) in [4.78, 5) is 25.4. The average molecular weight is 348 g/mol. The van der Waals surface area contributed by atoms with E-state index >= 15 is 0 Å². The SMILES string of the molecule is C=C[C@](C)(C[C@@H](OC)C1(C)C(C)CCC23CCC(=O)C21O3)C(=O)CC. The summed E-state index contributed by atoms with van der Waals surface area (Å²) in [7, 11) is 1.69. The van der Waals surface area contributed by atoms with Crippen LogP contribution < -0.4 is 0 Å². The molecule has 0 amide bonds. The number of epoxide rings is 1. The molecule has 3 aliphatic rings. The van der Waals surface area contributed by atoms with Crippen molar-refractivity contribution in [1.29, 1.82) is 0 Å². The summed E-state index contributed by atoms with van der Waals surface area (Å²) >= 11 is 0. The van der Waals surface area contributed by atoms with Crippen molar-refractivity contribution in [3.8, 4) is 0 Å². The largest absolute Gasteiger partial charge is 0.381 e. The molecule has 4 nitrogen and oxygen atoms in total. The van der Waals surface area contributed by atoms with Crippen molar-refractivity contribution < 1.29 is 19.1 Å². The monoisotopic (exact) mass is 348 g/mol. The predicted octanol–water partition coefficient (Wildman–Crippen LogP) is 3.87. The predicted molar refractivity (Wildman–Crippen MR) is 96.3 cm³/mol. The van der Waals surface area contributed by atoms with Gasteiger partial charge in [-0.3, -0.25) is 9.59 Å². The zero-order chi connectivity index (χ0) is 18.7. The second kappa shape index (κ2) is 5.75. The molecular weight excluding hydrogens is 316 g/mol. The van der Waals surface area contributed by atoms with Crippen molar-refractivity contribution in [1.82, 2.24) is 0 Å². The van der Waals surface area contributed by atoms with Gasteiger partial charge >= 0.3 is 0 Å². The highest BCUT2D eigenvalue weighted by molar-refractivity contribution is 5.96. The maximum absolute atomic E-state index is 12.9. The minimum absolute atomic E-state index is 0.162. The number of ether oxygens (including phenoxy) is 2. The van der Waals surface area contributed by atoms with Crippen molar-refractivity contribution in [3.63, 3.8) is 0 Å². The average Bonchev–Trinajstić information content (AvgIpc) is 3.24. The van der Waals surface area contributed by atoms with Gasteiger partial charge in [-0.15, -0.1) is 6.58 Å². The van der Waals surface area contributed by atoms with Crippen LogP contribution in [0.5, 0.6) is 0 Å². The molecule has 3 rings (SSSR count). The topological polar surface area (TPSA) is 55.9 Å². The van der Waals surface area contributed by atoms with Crippen molar-refractivity contribution in [3.05, 3.63) is 12.7 Å². The second-order valence-electron chi connectivity index (χ2n) is 8.75. The third-order valence-corrected chi connectivity index (χ3v) is 7.83. The zero-order valence-corrected chi connectivity index (χ0v) is 16.3. The number of carbonyl (C=O) groups excluding carboxylic acids is 2. The Hall–Kier alpha value is -1.00. The molecule has 25 heavy (non-hydrogen) atoms. The molecular formula is C21H32O4. The third kappa shape index (κ3) is 2.13. The lowest BCUT2D eigenvalue weighted by molar-refractivity contribution is -0.145. The van der Waals surface area contributed by atoms with Gasteiger partial charge in [0.2, 0.25) is 0 Å². The molecule has 0 spiro atoms. The van der Waals surface area contributed by atoms with Gasteiger partial charge in [0.1, 0.15) is 11.4 Å². The molecule has 6 atom stereocenters. The fourth-order valence-corrected chi connectivity index (χ4v) is 5.83. The third-order valence-electron chi connectivity index (χ3n) is 7.83. The number of hydrogen-bond donors (Lipinski definition) is 0. The van der Waals surface area contributed by atoms with E-state index in [-0.39, 0.29) is 23.3 Å². The first-order valence-corrected chi connectivity index (χ1v) is 9.60. The molecule has 0 bridgehead atoms. The lowest BCUT2D eigenvalue weighted by atomic mass is 9.54. The minimum atomic E-state index is -0.713. The number of rotatable bonds is 7. The number of Topliss-reactive ketones (excluding diaryl/α,β-unsaturated/α-hetero) is 2. The van der Waals surface area contributed by atoms with E-state index in [1.54, 1.807) is 13.2 Å². The molecule has 1 aliphatic heterocycles. The van der Waals surface area contributed by atoms with E-state index in [1.165, 1.54) is 0 Å². The Morgan fingerprint density at radius 2 is 2.20 bits per heavy atom. The molecule has 140 valence electrons. The van der Waals surface area contributed by atoms with Gasteiger partial charge in [-0.1, -0.05) is 26.8 Å². The molecule has 0 radical (unpaired) electrons. The summed E-state index contributed by atoms with van der Waals surface area (Å²) in [6, 6.07) is 0. The van der Waals surface area contributed by atoms with Gasteiger partial charge < -0.3 is 9.47 Å². The summed E-state index contributed by atoms with van der Waals surface area (Å²) in [5.74, 6) is 0.682. The number of carbonyl (C=O) groups is 2. The number of methoxy groups -OCH3 is 1. The lowest BCUT2D eigenvalue weighted by Gasteiger charge is -2.49. The van der Waals surface area contributed by atoms with Gasteiger partial charge in [0.25, 0.3) is 0 Å². The zero-order valence-electron chi connectivity index (χ0n) is 16.3. The van der Waals surface area contributed by atoms with Gasteiger partial charge in [-0.05, 0) is 38.5 Å². The minimum Gasteiger partial charge on any atom is -0.381 e. The Labute approximate surface area is 151 Å². The van der Waals surface area contributed by atoms with Crippen LogP contribution in [0.4, 0.5) is 0 Å². The van der Waals surface area contributed by atoms with Crippen molar-refractivity contribution in [2.45, 2.75) is 83.5 Å². The van der Waals surface area contributed by atoms with E-state index in [9.17, 15) is 9.59 Å². The molecule has 3 fully saturated rings. The van der Waals surface area contributed by atoms with Gasteiger partial charge in [-0.2, -0.15) is 0 Å². The number of hydrogen-bond acceptors (Lipinski definition) is 4. The highest BCUT2D eigenvalue weighted by atomic mass is 16.6. The maximum Gasteiger partial charge on any atom is 0.168 e. The molecule has 1 saturated heterocycles. The molecule has 0 N–H and O–H groups in total. The molecule has 2 aliphatic carbocycles. The van der Waals surface area contributed by atoms with Crippen molar-refractivity contribution >= 4 is 11.6 Å². The van der Waals surface area contributed by atoms with Gasteiger partial charge in [-0.25, -0.2) is 0 Å². The van der Waals surface area contributed by atoms with Crippen molar-refractivity contribution in [2.24, 2.45) is 16.7 Å². The Balaban J connectivity index is 2.00. The van der Waals surface area contributed by atoms with E-state index in [1.807, 2.05) is 13.8 Å². The molecule has 0 aromatic rings. The molecule has 2 saturated carbocycles. The van der Waals surface area contributed by atoms with E-state index in [4.69, 9.17) is 9.47 Å². The van der Waals surface area contributed by atoms with E-state index in [2.05, 4.69) is 20.4 Å². The van der Waals surface area contributed by atoms with Gasteiger partial charge in [0.05, 0.1) is 6.10 Å². The molecule has 0 aromatic carbocycles. The first kappa shape index (κ1) is 18.8. The highest BCUT2D eigenvalue weighted by Gasteiger charge is 2.86. The second-order valence-corrected chi connectivity index (χ2v) is 8.75. The van der Waals surface area contributed by atoms with E-state index in [0.717, 1.165) is 19.3 Å². The summed E-state index contributed by atoms with van der Waals surface area (Å²) in [5.41, 5.74) is -2.06. The quantitative estimate of drug-likeness (QED) is 0.518. The fraction of sp³-hybridized carbons (Fsp3) is 0.810. The van der Waals surface area contributed by atoms with Crippen LogP contribution in [0, 0.1) is 16.7 Å². The number of allylic oxidation sites excluding steroid dienone is 1. The number of ketones is 2. The van der Waals surface area contributed by atoms with Gasteiger partial charge in [0, 0.05) is 30.8 Å². The van der Waals surface area contributed by atoms with Crippen molar-refractivity contribution in [2.75, 3.05) is 7.11 Å². The fourth-order valence-electron chi connectivity index (χ4n) is 5.83. The van der Waals surface area contributed by atoms with E-state index in [0.29, 0.717) is 25.2 Å². The first-order chi connectivity index (χ1) is 11.7. The normalized spacial score (nSPS) is 42.9. The Kier molecular flexibility index (Phi) is 4.32. The summed E-state index contributed by atoms with van der Waals surface area (Å²) in [6.07, 6.45) is 5.94. The smallest absolute Gasteiger partial charge is 0.168 e. The first-order valence-electron chi connectivity index (χ1n) is 9.60. The van der Waals surface area contributed by atoms with Crippen LogP contribution in [0.1, 0.15) is 66.2 Å². The van der Waals surface area contributed by atoms with Crippen LogP contribution >= 0.6 is 0 Å². The van der Waals surface area contributed by atoms with Crippen LogP contribution in [-0.2, 0) is 19.1 Å². The molecule has 4 heteroatoms. The molecule has 0 aromatic heterocycles. The standard InChI is InChI=1S/C21H32O4/c1-7-15(22)18(4,8-2)13-17(24-6)19(5)14(3)9-11-20-12-10-16(23)21(19,20)25-20/h8,14,17H,2,7,9-13H2,1,3-6H3/t14?,17-,18-,19?,20?,21?/m1/s1. The summed E-state index contributed by atoms with van der Waals surface area (Å²) in [6.45, 7) is 12.1. The Morgan fingerprint density at radius 3 is 2.76 bits per heavy atom. The van der Waals surface area contributed by atoms with E-state index < -0.39 is 16.4 Å². The van der Waals surface area contributed by atoms with Crippen LogP contribution in [0.15, 0.2) is 12.7 Å². The Bertz CT molecular complexity index is 613. The molecule has 1 heterocycles. The van der Waals surface area contributed by atoms with Crippen LogP contribution in [0.25, 0.3) is 0 Å². The summed E-state index contributed by atoms with van der Waals surface area (Å²) < 4.78 is 12.2. The van der Waals surface area contributed by atoms with Crippen LogP contribution in [-0.4, -0.2) is 36.0 Å². The highest BCUT2D eigenvalue weighted by Crippen LogP contribution is 2.74. The van der Waals surface area contributed by atoms with Crippen LogP contribution in [0.2, 0.25) is 0 Å². The lowest BCUT2D eigenvalue weighted by Crippen LogP contribution is -2.59.